The number of benzene rings is 1. The zero-order chi connectivity index (χ0) is 20.3. The first-order chi connectivity index (χ1) is 13.7. The third-order valence-electron chi connectivity index (χ3n) is 5.37. The first-order valence-electron chi connectivity index (χ1n) is 11.8. The van der Waals surface area contributed by atoms with E-state index >= 15 is 0 Å². The van der Waals surface area contributed by atoms with Gasteiger partial charge in [0, 0.05) is 11.8 Å². The molecule has 0 aliphatic carbocycles. The Bertz CT molecular complexity index is 518. The maximum Gasteiger partial charge on any atom is 0.255 e. The summed E-state index contributed by atoms with van der Waals surface area (Å²) >= 11 is 0. The van der Waals surface area contributed by atoms with Crippen LogP contribution in [0.15, 0.2) is 36.5 Å². The lowest BCUT2D eigenvalue weighted by Gasteiger charge is -2.03. The van der Waals surface area contributed by atoms with Crippen LogP contribution in [0, 0.1) is 6.92 Å². The summed E-state index contributed by atoms with van der Waals surface area (Å²) < 4.78 is 0. The van der Waals surface area contributed by atoms with Crippen LogP contribution >= 0.6 is 0 Å². The Labute approximate surface area is 174 Å². The molecule has 1 aromatic rings. The van der Waals surface area contributed by atoms with Gasteiger partial charge in [0.05, 0.1) is 0 Å². The van der Waals surface area contributed by atoms with Gasteiger partial charge in [0.1, 0.15) is 0 Å². The molecule has 1 N–H and O–H groups in total. The van der Waals surface area contributed by atoms with Gasteiger partial charge in [-0.3, -0.25) is 4.79 Å². The van der Waals surface area contributed by atoms with E-state index < -0.39 is 0 Å². The van der Waals surface area contributed by atoms with Crippen molar-refractivity contribution in [3.8, 4) is 0 Å². The molecule has 0 heterocycles. The number of nitrogens with one attached hydrogen (secondary N) is 1. The molecule has 0 fully saturated rings. The van der Waals surface area contributed by atoms with Gasteiger partial charge in [0.2, 0.25) is 0 Å². The van der Waals surface area contributed by atoms with Crippen molar-refractivity contribution in [1.29, 1.82) is 0 Å². The van der Waals surface area contributed by atoms with Crippen LogP contribution in [-0.4, -0.2) is 5.91 Å². The predicted molar refractivity (Wildman–Crippen MR) is 123 cm³/mol. The summed E-state index contributed by atoms with van der Waals surface area (Å²) in [6, 6.07) is 7.67. The van der Waals surface area contributed by atoms with Crippen LogP contribution in [0.1, 0.15) is 119 Å². The highest BCUT2D eigenvalue weighted by Crippen LogP contribution is 2.13. The molecule has 1 aromatic carbocycles. The van der Waals surface area contributed by atoms with Crippen molar-refractivity contribution in [2.24, 2.45) is 0 Å². The topological polar surface area (TPSA) is 29.1 Å². The van der Waals surface area contributed by atoms with E-state index in [0.717, 1.165) is 6.42 Å². The summed E-state index contributed by atoms with van der Waals surface area (Å²) in [5, 5.41) is 2.85. The third-order valence-corrected chi connectivity index (χ3v) is 5.37. The summed E-state index contributed by atoms with van der Waals surface area (Å²) in [6.07, 6.45) is 24.4. The first-order valence-corrected chi connectivity index (χ1v) is 11.8. The normalized spacial score (nSPS) is 11.2. The molecule has 0 aliphatic heterocycles. The van der Waals surface area contributed by atoms with Gasteiger partial charge in [-0.25, -0.2) is 0 Å². The number of carbonyl (C=O) groups is 1. The molecule has 0 aliphatic rings. The zero-order valence-electron chi connectivity index (χ0n) is 18.5. The molecule has 0 radical (unpaired) electrons. The van der Waals surface area contributed by atoms with Crippen LogP contribution in [0.25, 0.3) is 0 Å². The number of hydrogen-bond acceptors (Lipinski definition) is 1. The van der Waals surface area contributed by atoms with Gasteiger partial charge in [0.25, 0.3) is 5.91 Å². The fourth-order valence-corrected chi connectivity index (χ4v) is 3.46. The van der Waals surface area contributed by atoms with Gasteiger partial charge in [-0.15, -0.1) is 0 Å². The lowest BCUT2D eigenvalue weighted by Crippen LogP contribution is -2.16. The Morgan fingerprint density at radius 1 is 0.750 bits per heavy atom. The molecule has 0 bridgehead atoms. The summed E-state index contributed by atoms with van der Waals surface area (Å²) in [5.74, 6) is -0.0304. The predicted octanol–water partition coefficient (Wildman–Crippen LogP) is 8.11. The lowest BCUT2D eigenvalue weighted by molar-refractivity contribution is 0.0970. The minimum atomic E-state index is -0.0304. The smallest absolute Gasteiger partial charge is 0.255 e. The quantitative estimate of drug-likeness (QED) is 0.270. The van der Waals surface area contributed by atoms with Gasteiger partial charge in [-0.2, -0.15) is 0 Å². The second-order valence-corrected chi connectivity index (χ2v) is 8.13. The molecule has 28 heavy (non-hydrogen) atoms. The molecule has 0 atom stereocenters. The SMILES string of the molecule is CCCCCCCCCCCCCCCCC=CNC(=O)c1ccc(C)cc1. The number of unbranched alkanes of at least 4 members (excludes halogenated alkanes) is 14. The van der Waals surface area contributed by atoms with E-state index in [1.165, 1.54) is 95.5 Å². The number of hydrogen-bond donors (Lipinski definition) is 1. The fourth-order valence-electron chi connectivity index (χ4n) is 3.46. The lowest BCUT2D eigenvalue weighted by atomic mass is 10.0. The van der Waals surface area contributed by atoms with Crippen LogP contribution < -0.4 is 5.32 Å². The van der Waals surface area contributed by atoms with Crippen molar-refractivity contribution in [2.75, 3.05) is 0 Å². The average Bonchev–Trinajstić information content (AvgIpc) is 2.70. The third kappa shape index (κ3) is 13.6. The molecule has 0 saturated carbocycles. The van der Waals surface area contributed by atoms with Crippen LogP contribution in [-0.2, 0) is 0 Å². The molecule has 1 rings (SSSR count). The van der Waals surface area contributed by atoms with E-state index in [1.54, 1.807) is 6.20 Å². The van der Waals surface area contributed by atoms with Gasteiger partial charge < -0.3 is 5.32 Å². The Hall–Kier alpha value is -1.57. The minimum absolute atomic E-state index is 0.0304. The molecular formula is C26H43NO. The van der Waals surface area contributed by atoms with Crippen LogP contribution in [0.5, 0.6) is 0 Å². The minimum Gasteiger partial charge on any atom is -0.329 e. The molecule has 2 nitrogen and oxygen atoms in total. The summed E-state index contributed by atoms with van der Waals surface area (Å²) in [6.45, 7) is 4.31. The Balaban J connectivity index is 1.84. The fraction of sp³-hybridized carbons (Fsp3) is 0.654. The Morgan fingerprint density at radius 3 is 1.71 bits per heavy atom. The van der Waals surface area contributed by atoms with Crippen molar-refractivity contribution >= 4 is 5.91 Å². The van der Waals surface area contributed by atoms with E-state index in [4.69, 9.17) is 0 Å². The second-order valence-electron chi connectivity index (χ2n) is 8.13. The maximum absolute atomic E-state index is 12.0. The monoisotopic (exact) mass is 385 g/mol. The summed E-state index contributed by atoms with van der Waals surface area (Å²) in [7, 11) is 0. The molecule has 0 aromatic heterocycles. The van der Waals surface area contributed by atoms with E-state index in [1.807, 2.05) is 31.2 Å². The Kier molecular flexibility index (Phi) is 15.3. The number of rotatable bonds is 17. The van der Waals surface area contributed by atoms with E-state index in [0.29, 0.717) is 5.56 Å². The molecule has 0 saturated heterocycles. The molecule has 0 spiro atoms. The van der Waals surface area contributed by atoms with Gasteiger partial charge in [-0.1, -0.05) is 114 Å². The van der Waals surface area contributed by atoms with Crippen molar-refractivity contribution in [1.82, 2.24) is 5.32 Å². The second kappa shape index (κ2) is 17.5. The van der Waals surface area contributed by atoms with Gasteiger partial charge in [-0.05, 0) is 31.9 Å². The van der Waals surface area contributed by atoms with E-state index in [9.17, 15) is 4.79 Å². The maximum atomic E-state index is 12.0. The highest BCUT2D eigenvalue weighted by Gasteiger charge is 2.01. The van der Waals surface area contributed by atoms with Gasteiger partial charge in [0.15, 0.2) is 0 Å². The number of allylic oxidation sites excluding steroid dienone is 1. The van der Waals surface area contributed by atoms with Crippen LogP contribution in [0.4, 0.5) is 0 Å². The van der Waals surface area contributed by atoms with Crippen molar-refractivity contribution in [3.05, 3.63) is 47.7 Å². The number of carbonyl (C=O) groups excluding carboxylic acids is 1. The number of aryl methyl sites for hydroxylation is 1. The van der Waals surface area contributed by atoms with Crippen molar-refractivity contribution < 1.29 is 4.79 Å². The Morgan fingerprint density at radius 2 is 1.21 bits per heavy atom. The summed E-state index contributed by atoms with van der Waals surface area (Å²) in [4.78, 5) is 12.0. The van der Waals surface area contributed by atoms with Gasteiger partial charge >= 0.3 is 0 Å². The average molecular weight is 386 g/mol. The molecule has 1 amide bonds. The molecule has 158 valence electrons. The van der Waals surface area contributed by atoms with Crippen LogP contribution in [0.3, 0.4) is 0 Å². The first kappa shape index (κ1) is 24.5. The molecular weight excluding hydrogens is 342 g/mol. The highest BCUT2D eigenvalue weighted by atomic mass is 16.1. The highest BCUT2D eigenvalue weighted by molar-refractivity contribution is 5.94. The van der Waals surface area contributed by atoms with Crippen molar-refractivity contribution in [3.63, 3.8) is 0 Å². The summed E-state index contributed by atoms with van der Waals surface area (Å²) in [5.41, 5.74) is 1.89. The van der Waals surface area contributed by atoms with E-state index in [2.05, 4.69) is 18.3 Å². The largest absolute Gasteiger partial charge is 0.329 e. The molecule has 2 heteroatoms. The number of amides is 1. The van der Waals surface area contributed by atoms with Crippen LogP contribution in [0.2, 0.25) is 0 Å². The van der Waals surface area contributed by atoms with E-state index in [-0.39, 0.29) is 5.91 Å². The zero-order valence-corrected chi connectivity index (χ0v) is 18.5. The standard InChI is InChI=1S/C26H43NO/c1-3-4-5-6-7-8-9-10-11-12-13-14-15-16-17-18-23-27-26(28)25-21-19-24(2)20-22-25/h18-23H,3-17H2,1-2H3,(H,27,28). The van der Waals surface area contributed by atoms with Crippen molar-refractivity contribution in [2.45, 2.75) is 110 Å². The molecule has 0 unspecified atom stereocenters.